The predicted molar refractivity (Wildman–Crippen MR) is 122 cm³/mol. The van der Waals surface area contributed by atoms with Gasteiger partial charge in [0.2, 0.25) is 5.91 Å². The first kappa shape index (κ1) is 22.0. The molecule has 0 bridgehead atoms. The average molecular weight is 420 g/mol. The molecule has 3 rings (SSSR count). The van der Waals surface area contributed by atoms with Crippen LogP contribution in [0.25, 0.3) is 0 Å². The number of amides is 2. The highest BCUT2D eigenvalue weighted by molar-refractivity contribution is 6.02. The number of nitrogens with zero attached hydrogens (tertiary/aromatic N) is 1. The average Bonchev–Trinajstić information content (AvgIpc) is 2.75. The van der Waals surface area contributed by atoms with Gasteiger partial charge in [-0.25, -0.2) is 4.39 Å². The van der Waals surface area contributed by atoms with Crippen molar-refractivity contribution in [1.82, 2.24) is 5.32 Å². The van der Waals surface area contributed by atoms with Crippen LogP contribution >= 0.6 is 0 Å². The molecule has 31 heavy (non-hydrogen) atoms. The van der Waals surface area contributed by atoms with Gasteiger partial charge in [-0.1, -0.05) is 42.5 Å². The maximum Gasteiger partial charge on any atom is 0.253 e. The predicted octanol–water partition coefficient (Wildman–Crippen LogP) is 4.56. The number of hydrogen-bond donors (Lipinski definition) is 2. The highest BCUT2D eigenvalue weighted by Gasteiger charge is 2.17. The maximum absolute atomic E-state index is 13.1. The second kappa shape index (κ2) is 9.89. The van der Waals surface area contributed by atoms with Gasteiger partial charge in [0.15, 0.2) is 0 Å². The summed E-state index contributed by atoms with van der Waals surface area (Å²) in [4.78, 5) is 27.3. The summed E-state index contributed by atoms with van der Waals surface area (Å²) in [7, 11) is 3.72. The monoisotopic (exact) mass is 419 g/mol. The van der Waals surface area contributed by atoms with Crippen LogP contribution in [0, 0.1) is 5.82 Å². The van der Waals surface area contributed by atoms with E-state index in [4.69, 9.17) is 0 Å². The molecular formula is C25H26FN3O2. The molecule has 1 atom stereocenters. The Hall–Kier alpha value is -3.67. The minimum Gasteiger partial charge on any atom is -0.377 e. The smallest absolute Gasteiger partial charge is 0.253 e. The fourth-order valence-corrected chi connectivity index (χ4v) is 3.28. The topological polar surface area (TPSA) is 61.4 Å². The molecule has 0 radical (unpaired) electrons. The first-order valence-electron chi connectivity index (χ1n) is 10.0. The summed E-state index contributed by atoms with van der Waals surface area (Å²) in [6.07, 6.45) is 0.113. The highest BCUT2D eigenvalue weighted by atomic mass is 19.1. The van der Waals surface area contributed by atoms with Gasteiger partial charge in [0.1, 0.15) is 5.82 Å². The van der Waals surface area contributed by atoms with E-state index in [2.05, 4.69) is 10.6 Å². The summed E-state index contributed by atoms with van der Waals surface area (Å²) in [6.45, 7) is 1.93. The van der Waals surface area contributed by atoms with Crippen LogP contribution in [0.4, 0.5) is 15.8 Å². The maximum atomic E-state index is 13.1. The summed E-state index contributed by atoms with van der Waals surface area (Å²) in [5.41, 5.74) is 3.45. The van der Waals surface area contributed by atoms with Crippen molar-refractivity contribution in [2.45, 2.75) is 19.4 Å². The molecule has 0 aromatic heterocycles. The molecule has 3 aromatic carbocycles. The van der Waals surface area contributed by atoms with Gasteiger partial charge in [0.05, 0.1) is 18.0 Å². The van der Waals surface area contributed by atoms with Crippen molar-refractivity contribution >= 4 is 23.2 Å². The lowest BCUT2D eigenvalue weighted by Gasteiger charge is -2.20. The summed E-state index contributed by atoms with van der Waals surface area (Å²) >= 11 is 0. The number of carbonyl (C=O) groups is 2. The summed E-state index contributed by atoms with van der Waals surface area (Å²) in [5, 5.41) is 5.84. The van der Waals surface area contributed by atoms with Gasteiger partial charge in [-0.15, -0.1) is 0 Å². The zero-order chi connectivity index (χ0) is 22.4. The fraction of sp³-hybridized carbons (Fsp3) is 0.200. The van der Waals surface area contributed by atoms with Crippen molar-refractivity contribution in [3.63, 3.8) is 0 Å². The molecule has 0 aliphatic heterocycles. The molecule has 0 spiro atoms. The third-order valence-electron chi connectivity index (χ3n) is 4.93. The van der Waals surface area contributed by atoms with Crippen molar-refractivity contribution in [2.24, 2.45) is 0 Å². The molecule has 0 aliphatic rings. The van der Waals surface area contributed by atoms with E-state index in [1.54, 1.807) is 30.3 Å². The molecule has 0 fully saturated rings. The molecule has 160 valence electrons. The third-order valence-corrected chi connectivity index (χ3v) is 4.93. The van der Waals surface area contributed by atoms with Crippen molar-refractivity contribution in [2.75, 3.05) is 24.3 Å². The molecule has 2 N–H and O–H groups in total. The Morgan fingerprint density at radius 2 is 1.65 bits per heavy atom. The minimum atomic E-state index is -0.344. The number of benzene rings is 3. The van der Waals surface area contributed by atoms with Gasteiger partial charge in [-0.05, 0) is 48.4 Å². The summed E-state index contributed by atoms with van der Waals surface area (Å²) in [6, 6.07) is 20.6. The van der Waals surface area contributed by atoms with E-state index in [0.717, 1.165) is 11.3 Å². The molecule has 3 aromatic rings. The SMILES string of the molecule is CC(NC(=O)c1cc(NC(=O)Cc2ccc(F)cc2)ccc1N(C)C)c1ccccc1. The van der Waals surface area contributed by atoms with Crippen LogP contribution in [0.15, 0.2) is 72.8 Å². The van der Waals surface area contributed by atoms with E-state index < -0.39 is 0 Å². The van der Waals surface area contributed by atoms with Crippen LogP contribution in [-0.2, 0) is 11.2 Å². The number of anilines is 2. The quantitative estimate of drug-likeness (QED) is 0.590. The van der Waals surface area contributed by atoms with E-state index in [1.807, 2.05) is 56.3 Å². The van der Waals surface area contributed by atoms with Crippen molar-refractivity contribution < 1.29 is 14.0 Å². The van der Waals surface area contributed by atoms with Gasteiger partial charge in [0, 0.05) is 25.5 Å². The van der Waals surface area contributed by atoms with Crippen LogP contribution in [0.1, 0.15) is 34.5 Å². The summed E-state index contributed by atoms with van der Waals surface area (Å²) in [5.74, 6) is -0.813. The minimum absolute atomic E-state index is 0.113. The van der Waals surface area contributed by atoms with Crippen molar-refractivity contribution in [3.05, 3.63) is 95.3 Å². The van der Waals surface area contributed by atoms with Gasteiger partial charge in [-0.2, -0.15) is 0 Å². The van der Waals surface area contributed by atoms with Gasteiger partial charge < -0.3 is 15.5 Å². The van der Waals surface area contributed by atoms with Gasteiger partial charge in [-0.3, -0.25) is 9.59 Å². The van der Waals surface area contributed by atoms with Crippen LogP contribution in [-0.4, -0.2) is 25.9 Å². The largest absolute Gasteiger partial charge is 0.377 e. The Morgan fingerprint density at radius 1 is 0.968 bits per heavy atom. The number of rotatable bonds is 7. The molecule has 1 unspecified atom stereocenters. The Bertz CT molecular complexity index is 1050. The molecule has 6 heteroatoms. The molecule has 0 saturated carbocycles. The Kier molecular flexibility index (Phi) is 7.03. The zero-order valence-electron chi connectivity index (χ0n) is 17.9. The lowest BCUT2D eigenvalue weighted by molar-refractivity contribution is -0.115. The zero-order valence-corrected chi connectivity index (χ0v) is 17.9. The van der Waals surface area contributed by atoms with E-state index >= 15 is 0 Å². The van der Waals surface area contributed by atoms with E-state index in [0.29, 0.717) is 16.8 Å². The number of halogens is 1. The van der Waals surface area contributed by atoms with Gasteiger partial charge in [0.25, 0.3) is 5.91 Å². The van der Waals surface area contributed by atoms with Crippen LogP contribution in [0.3, 0.4) is 0 Å². The number of nitrogens with one attached hydrogen (secondary N) is 2. The van der Waals surface area contributed by atoms with Crippen LogP contribution in [0.5, 0.6) is 0 Å². The molecule has 5 nitrogen and oxygen atoms in total. The molecule has 0 saturated heterocycles. The highest BCUT2D eigenvalue weighted by Crippen LogP contribution is 2.24. The Balaban J connectivity index is 1.76. The standard InChI is InChI=1S/C25H26FN3O2/c1-17(19-7-5-4-6-8-19)27-25(31)22-16-21(13-14-23(22)29(2)3)28-24(30)15-18-9-11-20(26)12-10-18/h4-14,16-17H,15H2,1-3H3,(H,27,31)(H,28,30). The lowest BCUT2D eigenvalue weighted by atomic mass is 10.1. The van der Waals surface area contributed by atoms with Gasteiger partial charge >= 0.3 is 0 Å². The van der Waals surface area contributed by atoms with E-state index in [9.17, 15) is 14.0 Å². The van der Waals surface area contributed by atoms with Crippen molar-refractivity contribution in [3.8, 4) is 0 Å². The second-order valence-corrected chi connectivity index (χ2v) is 7.58. The Morgan fingerprint density at radius 3 is 2.29 bits per heavy atom. The fourth-order valence-electron chi connectivity index (χ4n) is 3.28. The number of carbonyl (C=O) groups excluding carboxylic acids is 2. The third kappa shape index (κ3) is 5.92. The van der Waals surface area contributed by atoms with E-state index in [-0.39, 0.29) is 30.1 Å². The normalized spacial score (nSPS) is 11.5. The molecule has 0 heterocycles. The number of hydrogen-bond acceptors (Lipinski definition) is 3. The van der Waals surface area contributed by atoms with Crippen molar-refractivity contribution in [1.29, 1.82) is 0 Å². The summed E-state index contributed by atoms with van der Waals surface area (Å²) < 4.78 is 13.1. The lowest BCUT2D eigenvalue weighted by Crippen LogP contribution is -2.28. The first-order chi connectivity index (χ1) is 14.8. The van der Waals surface area contributed by atoms with Crippen LogP contribution in [0.2, 0.25) is 0 Å². The molecular weight excluding hydrogens is 393 g/mol. The second-order valence-electron chi connectivity index (χ2n) is 7.58. The Labute approximate surface area is 181 Å². The first-order valence-corrected chi connectivity index (χ1v) is 10.0. The molecule has 0 aliphatic carbocycles. The van der Waals surface area contributed by atoms with E-state index in [1.165, 1.54) is 12.1 Å². The van der Waals surface area contributed by atoms with Crippen LogP contribution < -0.4 is 15.5 Å². The molecule has 2 amide bonds.